The molecule has 2 aromatic heterocycles. The van der Waals surface area contributed by atoms with E-state index in [4.69, 9.17) is 0 Å². The molecule has 8 nitrogen and oxygen atoms in total. The number of nitrogens with one attached hydrogen (secondary N) is 2. The second kappa shape index (κ2) is 9.09. The topological polar surface area (TPSA) is 98.4 Å². The molecule has 1 fully saturated rings. The molecule has 1 aliphatic rings. The Morgan fingerprint density at radius 1 is 1.00 bits per heavy atom. The van der Waals surface area contributed by atoms with Crippen molar-refractivity contribution in [2.45, 2.75) is 4.21 Å². The average Bonchev–Trinajstić information content (AvgIpc) is 3.27. The molecule has 3 aromatic rings. The third-order valence-corrected chi connectivity index (χ3v) is 8.05. The van der Waals surface area contributed by atoms with Gasteiger partial charge in [0.2, 0.25) is 10.0 Å². The molecule has 0 unspecified atom stereocenters. The molecule has 0 amide bonds. The predicted octanol–water partition coefficient (Wildman–Crippen LogP) is 1.60. The van der Waals surface area contributed by atoms with Crippen LogP contribution in [-0.4, -0.2) is 62.8 Å². The van der Waals surface area contributed by atoms with Crippen LogP contribution in [0.4, 0.5) is 5.69 Å². The van der Waals surface area contributed by atoms with E-state index >= 15 is 0 Å². The molecular weight excluding hydrogens is 422 g/mol. The highest BCUT2D eigenvalue weighted by Crippen LogP contribution is 2.28. The van der Waals surface area contributed by atoms with Crippen molar-refractivity contribution in [2.24, 2.45) is 0 Å². The summed E-state index contributed by atoms with van der Waals surface area (Å²) in [7, 11) is -3.58. The summed E-state index contributed by atoms with van der Waals surface area (Å²) in [4.78, 5) is 16.4. The van der Waals surface area contributed by atoms with Crippen LogP contribution in [0, 0.1) is 0 Å². The van der Waals surface area contributed by atoms with Crippen LogP contribution in [0.25, 0.3) is 10.6 Å². The number of para-hydroxylation sites is 1. The van der Waals surface area contributed by atoms with E-state index in [2.05, 4.69) is 36.9 Å². The van der Waals surface area contributed by atoms with Gasteiger partial charge >= 0.3 is 0 Å². The van der Waals surface area contributed by atoms with Gasteiger partial charge in [-0.15, -0.1) is 11.3 Å². The van der Waals surface area contributed by atoms with Gasteiger partial charge in [0.05, 0.1) is 4.88 Å². The van der Waals surface area contributed by atoms with Gasteiger partial charge in [0.15, 0.2) is 0 Å². The monoisotopic (exact) mass is 445 g/mol. The molecule has 10 heteroatoms. The summed E-state index contributed by atoms with van der Waals surface area (Å²) < 4.78 is 28.1. The van der Waals surface area contributed by atoms with Crippen molar-refractivity contribution in [3.8, 4) is 10.6 Å². The molecule has 0 bridgehead atoms. The molecular formula is C20H23N5O3S2. The summed E-state index contributed by atoms with van der Waals surface area (Å²) in [6, 6.07) is 16.5. The summed E-state index contributed by atoms with van der Waals surface area (Å²) in [5.74, 6) is 0. The third-order valence-electron chi connectivity index (χ3n) is 4.99. The van der Waals surface area contributed by atoms with Gasteiger partial charge in [0, 0.05) is 51.0 Å². The second-order valence-corrected chi connectivity index (χ2v) is 10.1. The molecule has 0 saturated carbocycles. The molecule has 1 aromatic carbocycles. The molecule has 158 valence electrons. The van der Waals surface area contributed by atoms with Gasteiger partial charge in [-0.3, -0.25) is 9.69 Å². The first-order valence-electron chi connectivity index (χ1n) is 9.69. The Morgan fingerprint density at radius 2 is 1.77 bits per heavy atom. The van der Waals surface area contributed by atoms with E-state index in [0.717, 1.165) is 37.5 Å². The number of sulfonamides is 1. The minimum Gasteiger partial charge on any atom is -0.369 e. The maximum atomic E-state index is 12.6. The third kappa shape index (κ3) is 4.96. The van der Waals surface area contributed by atoms with Crippen LogP contribution in [0.3, 0.4) is 0 Å². The van der Waals surface area contributed by atoms with Gasteiger partial charge < -0.3 is 4.90 Å². The number of H-pyrrole nitrogens is 1. The number of thiophene rings is 1. The number of anilines is 1. The minimum absolute atomic E-state index is 0.236. The van der Waals surface area contributed by atoms with E-state index in [1.165, 1.54) is 11.8 Å². The summed E-state index contributed by atoms with van der Waals surface area (Å²) in [6.07, 6.45) is 0. The smallest absolute Gasteiger partial charge is 0.264 e. The van der Waals surface area contributed by atoms with Crippen LogP contribution in [0.15, 0.2) is 63.6 Å². The van der Waals surface area contributed by atoms with Crippen LogP contribution in [0.5, 0.6) is 0 Å². The fourth-order valence-corrected chi connectivity index (χ4v) is 5.70. The number of aromatic amines is 1. The second-order valence-electron chi connectivity index (χ2n) is 6.99. The van der Waals surface area contributed by atoms with Crippen molar-refractivity contribution in [3.63, 3.8) is 0 Å². The van der Waals surface area contributed by atoms with Crippen molar-refractivity contribution in [1.82, 2.24) is 19.8 Å². The van der Waals surface area contributed by atoms with Gasteiger partial charge in [-0.05, 0) is 30.3 Å². The first kappa shape index (κ1) is 20.7. The van der Waals surface area contributed by atoms with Crippen LogP contribution >= 0.6 is 11.3 Å². The Balaban J connectivity index is 1.28. The van der Waals surface area contributed by atoms with E-state index < -0.39 is 10.0 Å². The van der Waals surface area contributed by atoms with E-state index in [1.54, 1.807) is 18.2 Å². The quantitative estimate of drug-likeness (QED) is 0.573. The molecule has 0 aliphatic carbocycles. The lowest BCUT2D eigenvalue weighted by Gasteiger charge is -2.36. The SMILES string of the molecule is O=c1ccc(-c2ccc(S(=O)(=O)NCCN3CCN(c4ccccc4)CC3)s2)n[nH]1. The van der Waals surface area contributed by atoms with E-state index in [0.29, 0.717) is 23.7 Å². The summed E-state index contributed by atoms with van der Waals surface area (Å²) in [5, 5.41) is 6.30. The van der Waals surface area contributed by atoms with Gasteiger partial charge in [0.25, 0.3) is 5.56 Å². The Morgan fingerprint density at radius 3 is 2.47 bits per heavy atom. The lowest BCUT2D eigenvalue weighted by atomic mass is 10.2. The highest BCUT2D eigenvalue weighted by Gasteiger charge is 2.20. The summed E-state index contributed by atoms with van der Waals surface area (Å²) in [5.41, 5.74) is 1.47. The Bertz CT molecular complexity index is 1120. The molecule has 0 spiro atoms. The number of nitrogens with zero attached hydrogens (tertiary/aromatic N) is 3. The summed E-state index contributed by atoms with van der Waals surface area (Å²) >= 11 is 1.13. The van der Waals surface area contributed by atoms with Gasteiger partial charge in [0.1, 0.15) is 9.90 Å². The highest BCUT2D eigenvalue weighted by atomic mass is 32.2. The molecule has 0 atom stereocenters. The zero-order valence-corrected chi connectivity index (χ0v) is 18.0. The van der Waals surface area contributed by atoms with Crippen LogP contribution < -0.4 is 15.2 Å². The molecule has 4 rings (SSSR count). The first-order chi connectivity index (χ1) is 14.5. The largest absolute Gasteiger partial charge is 0.369 e. The number of rotatable bonds is 7. The predicted molar refractivity (Wildman–Crippen MR) is 118 cm³/mol. The number of hydrogen-bond donors (Lipinski definition) is 2. The Labute approximate surface area is 179 Å². The zero-order chi connectivity index (χ0) is 21.0. The molecule has 1 aliphatic heterocycles. The standard InChI is InChI=1S/C20H23N5O3S2/c26-19-8-6-17(22-23-19)18-7-9-20(29-18)30(27,28)21-10-11-24-12-14-25(15-13-24)16-4-2-1-3-5-16/h1-9,21H,10-15H2,(H,23,26). The van der Waals surface area contributed by atoms with Gasteiger partial charge in [-0.25, -0.2) is 18.2 Å². The normalized spacial score (nSPS) is 15.4. The molecule has 30 heavy (non-hydrogen) atoms. The van der Waals surface area contributed by atoms with Crippen molar-refractivity contribution in [3.05, 3.63) is 65.0 Å². The molecule has 0 radical (unpaired) electrons. The maximum Gasteiger partial charge on any atom is 0.264 e. The van der Waals surface area contributed by atoms with Crippen molar-refractivity contribution in [1.29, 1.82) is 0 Å². The van der Waals surface area contributed by atoms with Crippen LogP contribution in [0.1, 0.15) is 0 Å². The fraction of sp³-hybridized carbons (Fsp3) is 0.300. The maximum absolute atomic E-state index is 12.6. The number of hydrogen-bond acceptors (Lipinski definition) is 7. The van der Waals surface area contributed by atoms with E-state index in [1.807, 2.05) is 18.2 Å². The van der Waals surface area contributed by atoms with Crippen LogP contribution in [-0.2, 0) is 10.0 Å². The van der Waals surface area contributed by atoms with Gasteiger partial charge in [-0.1, -0.05) is 18.2 Å². The lowest BCUT2D eigenvalue weighted by molar-refractivity contribution is 0.262. The number of piperazine rings is 1. The lowest BCUT2D eigenvalue weighted by Crippen LogP contribution is -2.48. The number of aromatic nitrogens is 2. The Hall–Kier alpha value is -2.53. The molecule has 2 N–H and O–H groups in total. The van der Waals surface area contributed by atoms with Gasteiger partial charge in [-0.2, -0.15) is 5.10 Å². The van der Waals surface area contributed by atoms with E-state index in [-0.39, 0.29) is 9.77 Å². The van der Waals surface area contributed by atoms with Crippen LogP contribution in [0.2, 0.25) is 0 Å². The minimum atomic E-state index is -3.58. The highest BCUT2D eigenvalue weighted by molar-refractivity contribution is 7.91. The average molecular weight is 446 g/mol. The van der Waals surface area contributed by atoms with Crippen molar-refractivity contribution >= 4 is 27.0 Å². The number of benzene rings is 1. The summed E-state index contributed by atoms with van der Waals surface area (Å²) in [6.45, 7) is 4.68. The molecule has 3 heterocycles. The fourth-order valence-electron chi connectivity index (χ4n) is 3.36. The van der Waals surface area contributed by atoms with E-state index in [9.17, 15) is 13.2 Å². The first-order valence-corrected chi connectivity index (χ1v) is 12.0. The Kier molecular flexibility index (Phi) is 6.28. The van der Waals surface area contributed by atoms with Crippen molar-refractivity contribution in [2.75, 3.05) is 44.2 Å². The molecule has 1 saturated heterocycles. The van der Waals surface area contributed by atoms with Crippen molar-refractivity contribution < 1.29 is 8.42 Å². The zero-order valence-electron chi connectivity index (χ0n) is 16.3.